The van der Waals surface area contributed by atoms with E-state index in [0.717, 1.165) is 12.2 Å². The zero-order chi connectivity index (χ0) is 11.7. The van der Waals surface area contributed by atoms with Crippen LogP contribution in [-0.4, -0.2) is 18.6 Å². The Morgan fingerprint density at radius 2 is 2.06 bits per heavy atom. The number of methoxy groups -OCH3 is 1. The van der Waals surface area contributed by atoms with Crippen LogP contribution in [0.4, 0.5) is 0 Å². The van der Waals surface area contributed by atoms with Gasteiger partial charge in [0, 0.05) is 22.2 Å². The fourth-order valence-electron chi connectivity index (χ4n) is 2.33. The number of H-pyrrole nitrogens is 1. The Labute approximate surface area is 95.6 Å². The van der Waals surface area contributed by atoms with E-state index in [2.05, 4.69) is 24.9 Å². The van der Waals surface area contributed by atoms with Crippen LogP contribution in [-0.2, 0) is 6.42 Å². The van der Waals surface area contributed by atoms with Crippen molar-refractivity contribution < 1.29 is 4.74 Å². The Morgan fingerprint density at radius 1 is 1.31 bits per heavy atom. The fraction of sp³-hybridized carbons (Fsp3) is 0.385. The summed E-state index contributed by atoms with van der Waals surface area (Å²) in [5.74, 6) is 0.935. The van der Waals surface area contributed by atoms with Gasteiger partial charge in [0.15, 0.2) is 0 Å². The van der Waals surface area contributed by atoms with Crippen LogP contribution in [0.25, 0.3) is 10.9 Å². The quantitative estimate of drug-likeness (QED) is 0.830. The van der Waals surface area contributed by atoms with Gasteiger partial charge in [0.25, 0.3) is 0 Å². The zero-order valence-electron chi connectivity index (χ0n) is 10.1. The van der Waals surface area contributed by atoms with Gasteiger partial charge in [0.1, 0.15) is 5.75 Å². The minimum Gasteiger partial charge on any atom is -0.496 e. The highest BCUT2D eigenvalue weighted by Crippen LogP contribution is 2.31. The molecule has 0 saturated carbocycles. The lowest BCUT2D eigenvalue weighted by molar-refractivity contribution is 0.412. The second-order valence-electron chi connectivity index (χ2n) is 4.08. The third-order valence-electron chi connectivity index (χ3n) is 3.11. The Bertz CT molecular complexity index is 514. The number of aryl methyl sites for hydroxylation is 2. The monoisotopic (exact) mass is 218 g/mol. The van der Waals surface area contributed by atoms with Crippen molar-refractivity contribution in [2.75, 3.05) is 13.7 Å². The summed E-state index contributed by atoms with van der Waals surface area (Å²) in [5, 5.41) is 1.27. The molecule has 3 nitrogen and oxygen atoms in total. The van der Waals surface area contributed by atoms with E-state index in [4.69, 9.17) is 10.5 Å². The molecule has 0 bridgehead atoms. The Hall–Kier alpha value is -1.48. The first-order chi connectivity index (χ1) is 7.69. The molecule has 2 aromatic rings. The van der Waals surface area contributed by atoms with E-state index in [9.17, 15) is 0 Å². The number of hydrogen-bond acceptors (Lipinski definition) is 2. The molecule has 0 fully saturated rings. The normalized spacial score (nSPS) is 11.0. The summed E-state index contributed by atoms with van der Waals surface area (Å²) >= 11 is 0. The molecule has 2 rings (SSSR count). The average molecular weight is 218 g/mol. The van der Waals surface area contributed by atoms with Crippen LogP contribution in [0.2, 0.25) is 0 Å². The minimum absolute atomic E-state index is 0.671. The highest BCUT2D eigenvalue weighted by molar-refractivity contribution is 5.89. The number of hydrogen-bond donors (Lipinski definition) is 2. The van der Waals surface area contributed by atoms with Gasteiger partial charge >= 0.3 is 0 Å². The summed E-state index contributed by atoms with van der Waals surface area (Å²) in [7, 11) is 1.70. The van der Waals surface area contributed by atoms with Gasteiger partial charge < -0.3 is 15.5 Å². The van der Waals surface area contributed by atoms with Crippen LogP contribution in [0.3, 0.4) is 0 Å². The molecule has 0 unspecified atom stereocenters. The van der Waals surface area contributed by atoms with Gasteiger partial charge in [0.2, 0.25) is 0 Å². The number of aromatic nitrogens is 1. The van der Waals surface area contributed by atoms with E-state index in [-0.39, 0.29) is 0 Å². The molecule has 0 atom stereocenters. The van der Waals surface area contributed by atoms with Gasteiger partial charge in [0.05, 0.1) is 7.11 Å². The minimum atomic E-state index is 0.671. The molecule has 1 aromatic carbocycles. The Balaban J connectivity index is 2.73. The van der Waals surface area contributed by atoms with E-state index in [1.54, 1.807) is 7.11 Å². The van der Waals surface area contributed by atoms with Crippen molar-refractivity contribution in [1.29, 1.82) is 0 Å². The summed E-state index contributed by atoms with van der Waals surface area (Å²) < 4.78 is 5.35. The third-order valence-corrected chi connectivity index (χ3v) is 3.11. The van der Waals surface area contributed by atoms with Crippen LogP contribution in [0, 0.1) is 13.8 Å². The molecule has 86 valence electrons. The third kappa shape index (κ3) is 1.57. The topological polar surface area (TPSA) is 51.0 Å². The van der Waals surface area contributed by atoms with E-state index in [1.807, 2.05) is 6.07 Å². The number of rotatable bonds is 3. The first kappa shape index (κ1) is 11.0. The van der Waals surface area contributed by atoms with Crippen molar-refractivity contribution >= 4 is 10.9 Å². The SMILES string of the molecule is COc1ccc2[nH]c(C)c(CCN)c2c1C. The molecule has 0 saturated heterocycles. The number of ether oxygens (including phenoxy) is 1. The number of fused-ring (bicyclic) bond motifs is 1. The molecule has 0 spiro atoms. The molecule has 0 aliphatic rings. The smallest absolute Gasteiger partial charge is 0.122 e. The second-order valence-corrected chi connectivity index (χ2v) is 4.08. The van der Waals surface area contributed by atoms with Gasteiger partial charge in [-0.15, -0.1) is 0 Å². The van der Waals surface area contributed by atoms with E-state index >= 15 is 0 Å². The summed E-state index contributed by atoms with van der Waals surface area (Å²) in [4.78, 5) is 3.39. The van der Waals surface area contributed by atoms with E-state index in [0.29, 0.717) is 6.54 Å². The van der Waals surface area contributed by atoms with Crippen LogP contribution >= 0.6 is 0 Å². The Morgan fingerprint density at radius 3 is 2.69 bits per heavy atom. The molecular weight excluding hydrogens is 200 g/mol. The fourth-order valence-corrected chi connectivity index (χ4v) is 2.33. The van der Waals surface area contributed by atoms with Gasteiger partial charge in [-0.3, -0.25) is 0 Å². The second kappa shape index (κ2) is 4.18. The van der Waals surface area contributed by atoms with Crippen LogP contribution in [0.5, 0.6) is 5.75 Å². The predicted molar refractivity (Wildman–Crippen MR) is 67.1 cm³/mol. The number of benzene rings is 1. The highest BCUT2D eigenvalue weighted by atomic mass is 16.5. The van der Waals surface area contributed by atoms with Gasteiger partial charge in [-0.1, -0.05) is 0 Å². The molecule has 16 heavy (non-hydrogen) atoms. The summed E-state index contributed by atoms with van der Waals surface area (Å²) in [5.41, 5.74) is 10.5. The van der Waals surface area contributed by atoms with Crippen LogP contribution in [0.1, 0.15) is 16.8 Å². The molecule has 0 amide bonds. The maximum Gasteiger partial charge on any atom is 0.122 e. The first-order valence-electron chi connectivity index (χ1n) is 5.53. The molecule has 1 aromatic heterocycles. The maximum absolute atomic E-state index is 5.66. The number of nitrogens with one attached hydrogen (secondary N) is 1. The molecule has 0 aliphatic carbocycles. The predicted octanol–water partition coefficient (Wildman–Crippen LogP) is 2.29. The summed E-state index contributed by atoms with van der Waals surface area (Å²) in [6.45, 7) is 4.86. The van der Waals surface area contributed by atoms with Crippen molar-refractivity contribution in [2.24, 2.45) is 5.73 Å². The summed E-state index contributed by atoms with van der Waals surface area (Å²) in [6, 6.07) is 4.06. The van der Waals surface area contributed by atoms with Gasteiger partial charge in [-0.25, -0.2) is 0 Å². The van der Waals surface area contributed by atoms with Gasteiger partial charge in [-0.2, -0.15) is 0 Å². The van der Waals surface area contributed by atoms with Crippen LogP contribution < -0.4 is 10.5 Å². The van der Waals surface area contributed by atoms with Crippen molar-refractivity contribution in [3.63, 3.8) is 0 Å². The molecule has 0 radical (unpaired) electrons. The molecule has 3 heteroatoms. The molecular formula is C13H18N2O. The van der Waals surface area contributed by atoms with Crippen molar-refractivity contribution in [2.45, 2.75) is 20.3 Å². The lowest BCUT2D eigenvalue weighted by Crippen LogP contribution is -2.03. The maximum atomic E-state index is 5.66. The largest absolute Gasteiger partial charge is 0.496 e. The standard InChI is InChI=1S/C13H18N2O/c1-8-12(16-3)5-4-11-13(8)10(6-7-14)9(2)15-11/h4-5,15H,6-7,14H2,1-3H3. The van der Waals surface area contributed by atoms with Crippen molar-refractivity contribution in [1.82, 2.24) is 4.98 Å². The van der Waals surface area contributed by atoms with E-state index < -0.39 is 0 Å². The van der Waals surface area contributed by atoms with Gasteiger partial charge in [-0.05, 0) is 44.5 Å². The zero-order valence-corrected chi connectivity index (χ0v) is 10.1. The lowest BCUT2D eigenvalue weighted by atomic mass is 10.0. The molecule has 0 aliphatic heterocycles. The lowest BCUT2D eigenvalue weighted by Gasteiger charge is -2.07. The van der Waals surface area contributed by atoms with Crippen molar-refractivity contribution in [3.8, 4) is 5.75 Å². The number of aromatic amines is 1. The average Bonchev–Trinajstić information content (AvgIpc) is 2.58. The number of nitrogens with two attached hydrogens (primary N) is 1. The molecule has 3 N–H and O–H groups in total. The summed E-state index contributed by atoms with van der Waals surface area (Å²) in [6.07, 6.45) is 0.903. The Kier molecular flexibility index (Phi) is 2.88. The molecule has 1 heterocycles. The van der Waals surface area contributed by atoms with Crippen molar-refractivity contribution in [3.05, 3.63) is 29.0 Å². The van der Waals surface area contributed by atoms with Crippen LogP contribution in [0.15, 0.2) is 12.1 Å². The van der Waals surface area contributed by atoms with E-state index in [1.165, 1.54) is 27.7 Å². The first-order valence-corrected chi connectivity index (χ1v) is 5.53. The highest BCUT2D eigenvalue weighted by Gasteiger charge is 2.12.